The second-order valence-corrected chi connectivity index (χ2v) is 22.0. The van der Waals surface area contributed by atoms with E-state index in [9.17, 15) is 14.4 Å². The zero-order chi connectivity index (χ0) is 55.0. The molecule has 0 aliphatic heterocycles. The Morgan fingerprint density at radius 1 is 0.276 bits per heavy atom. The molecule has 0 spiro atoms. The Kier molecular flexibility index (Phi) is 61.7. The first-order chi connectivity index (χ1) is 37.5. The van der Waals surface area contributed by atoms with Crippen molar-refractivity contribution in [1.82, 2.24) is 0 Å². The van der Waals surface area contributed by atoms with Gasteiger partial charge in [-0.3, -0.25) is 14.4 Å². The third kappa shape index (κ3) is 61.7. The molecule has 6 nitrogen and oxygen atoms in total. The Bertz CT molecular complexity index is 1400. The lowest BCUT2D eigenvalue weighted by molar-refractivity contribution is -0.167. The highest BCUT2D eigenvalue weighted by molar-refractivity contribution is 5.71. The Morgan fingerprint density at radius 2 is 0.513 bits per heavy atom. The molecule has 1 unspecified atom stereocenters. The van der Waals surface area contributed by atoms with E-state index >= 15 is 0 Å². The van der Waals surface area contributed by atoms with Gasteiger partial charge in [0.05, 0.1) is 0 Å². The molecular weight excluding hydrogens is 937 g/mol. The van der Waals surface area contributed by atoms with Crippen molar-refractivity contribution in [3.05, 3.63) is 72.9 Å². The van der Waals surface area contributed by atoms with Gasteiger partial charge in [0.2, 0.25) is 0 Å². The fourth-order valence-corrected chi connectivity index (χ4v) is 9.57. The highest BCUT2D eigenvalue weighted by atomic mass is 16.6. The van der Waals surface area contributed by atoms with Crippen LogP contribution in [-0.4, -0.2) is 37.2 Å². The molecule has 0 saturated carbocycles. The summed E-state index contributed by atoms with van der Waals surface area (Å²) in [5, 5.41) is 0. The number of hydrogen-bond donors (Lipinski definition) is 0. The fourth-order valence-electron chi connectivity index (χ4n) is 9.57. The molecule has 0 aromatic carbocycles. The van der Waals surface area contributed by atoms with Crippen molar-refractivity contribution < 1.29 is 28.6 Å². The summed E-state index contributed by atoms with van der Waals surface area (Å²) >= 11 is 0. The largest absolute Gasteiger partial charge is 0.462 e. The molecular formula is C70H124O6. The highest BCUT2D eigenvalue weighted by Gasteiger charge is 2.19. The van der Waals surface area contributed by atoms with Gasteiger partial charge in [0.1, 0.15) is 13.2 Å². The van der Waals surface area contributed by atoms with Gasteiger partial charge in [-0.1, -0.05) is 318 Å². The van der Waals surface area contributed by atoms with E-state index in [2.05, 4.69) is 93.7 Å². The van der Waals surface area contributed by atoms with E-state index in [1.54, 1.807) is 0 Å². The first kappa shape index (κ1) is 72.8. The number of esters is 3. The minimum atomic E-state index is -0.773. The van der Waals surface area contributed by atoms with Crippen molar-refractivity contribution in [3.8, 4) is 0 Å². The van der Waals surface area contributed by atoms with Crippen LogP contribution in [0, 0.1) is 0 Å². The zero-order valence-corrected chi connectivity index (χ0v) is 50.5. The fraction of sp³-hybridized carbons (Fsp3) is 0.786. The zero-order valence-electron chi connectivity index (χ0n) is 50.5. The average molecular weight is 1060 g/mol. The van der Waals surface area contributed by atoms with Gasteiger partial charge in [-0.2, -0.15) is 0 Å². The van der Waals surface area contributed by atoms with E-state index in [4.69, 9.17) is 14.2 Å². The van der Waals surface area contributed by atoms with Gasteiger partial charge in [-0.15, -0.1) is 0 Å². The van der Waals surface area contributed by atoms with Crippen LogP contribution in [0.4, 0.5) is 0 Å². The second-order valence-electron chi connectivity index (χ2n) is 22.0. The minimum Gasteiger partial charge on any atom is -0.462 e. The first-order valence-electron chi connectivity index (χ1n) is 32.9. The number of ether oxygens (including phenoxy) is 3. The topological polar surface area (TPSA) is 78.9 Å². The van der Waals surface area contributed by atoms with Crippen molar-refractivity contribution in [3.63, 3.8) is 0 Å². The van der Waals surface area contributed by atoms with Crippen molar-refractivity contribution in [2.24, 2.45) is 0 Å². The Morgan fingerprint density at radius 3 is 0.803 bits per heavy atom. The monoisotopic (exact) mass is 1060 g/mol. The van der Waals surface area contributed by atoms with E-state index in [-0.39, 0.29) is 31.1 Å². The van der Waals surface area contributed by atoms with Crippen molar-refractivity contribution in [2.75, 3.05) is 13.2 Å². The molecule has 0 radical (unpaired) electrons. The van der Waals surface area contributed by atoms with E-state index in [0.717, 1.165) is 96.3 Å². The second kappa shape index (κ2) is 64.4. The molecule has 6 heteroatoms. The van der Waals surface area contributed by atoms with Crippen LogP contribution in [-0.2, 0) is 28.6 Å². The maximum atomic E-state index is 12.9. The van der Waals surface area contributed by atoms with Crippen molar-refractivity contribution in [1.29, 1.82) is 0 Å². The Hall–Kier alpha value is -3.15. The summed E-state index contributed by atoms with van der Waals surface area (Å²) in [5.41, 5.74) is 0. The molecule has 0 rings (SSSR count). The van der Waals surface area contributed by atoms with Gasteiger partial charge in [-0.05, 0) is 70.6 Å². The molecule has 0 heterocycles. The molecule has 0 amide bonds. The van der Waals surface area contributed by atoms with Crippen LogP contribution in [0.1, 0.15) is 335 Å². The first-order valence-corrected chi connectivity index (χ1v) is 32.9. The van der Waals surface area contributed by atoms with Gasteiger partial charge < -0.3 is 14.2 Å². The maximum absolute atomic E-state index is 12.9. The predicted molar refractivity (Wildman–Crippen MR) is 330 cm³/mol. The van der Waals surface area contributed by atoms with Gasteiger partial charge in [-0.25, -0.2) is 0 Å². The average Bonchev–Trinajstić information content (AvgIpc) is 3.42. The van der Waals surface area contributed by atoms with Crippen LogP contribution in [0.15, 0.2) is 72.9 Å². The van der Waals surface area contributed by atoms with E-state index in [0.29, 0.717) is 19.3 Å². The smallest absolute Gasteiger partial charge is 0.306 e. The van der Waals surface area contributed by atoms with Crippen LogP contribution in [0.25, 0.3) is 0 Å². The number of allylic oxidation sites excluding steroid dienone is 12. The molecule has 76 heavy (non-hydrogen) atoms. The van der Waals surface area contributed by atoms with Gasteiger partial charge in [0.25, 0.3) is 0 Å². The summed E-state index contributed by atoms with van der Waals surface area (Å²) in [4.78, 5) is 38.3. The number of rotatable bonds is 60. The van der Waals surface area contributed by atoms with E-state index < -0.39 is 6.10 Å². The summed E-state index contributed by atoms with van der Waals surface area (Å²) in [6, 6.07) is 0. The summed E-state index contributed by atoms with van der Waals surface area (Å²) < 4.78 is 16.9. The molecule has 0 aromatic rings. The number of hydrogen-bond acceptors (Lipinski definition) is 6. The highest BCUT2D eigenvalue weighted by Crippen LogP contribution is 2.17. The maximum Gasteiger partial charge on any atom is 0.306 e. The third-order valence-electron chi connectivity index (χ3n) is 14.5. The lowest BCUT2D eigenvalue weighted by Gasteiger charge is -2.18. The summed E-state index contributed by atoms with van der Waals surface area (Å²) in [6.07, 6.45) is 83.4. The van der Waals surface area contributed by atoms with Gasteiger partial charge in [0.15, 0.2) is 6.10 Å². The molecule has 0 aromatic heterocycles. The molecule has 0 saturated heterocycles. The lowest BCUT2D eigenvalue weighted by atomic mass is 10.0. The molecule has 0 fully saturated rings. The minimum absolute atomic E-state index is 0.0709. The Balaban J connectivity index is 4.22. The lowest BCUT2D eigenvalue weighted by Crippen LogP contribution is -2.30. The van der Waals surface area contributed by atoms with Crippen molar-refractivity contribution in [2.45, 2.75) is 341 Å². The molecule has 440 valence electrons. The standard InChI is InChI=1S/C70H124O6/c1-4-7-10-13-16-19-22-24-26-28-30-31-32-33-34-35-36-37-38-39-40-42-43-45-48-51-54-57-60-63-69(72)75-66-67(65-74-68(71)62-59-56-53-50-47-21-18-15-12-9-6-3)76-70(73)64-61-58-55-52-49-46-44-41-29-27-25-23-20-17-14-11-8-5-2/h7,10,16,19,24,26,30-31,33-34,36-37,67H,4-6,8-9,11-15,17-18,20-23,25,27-29,32,35,38-66H2,1-3H3/b10-7-,19-16-,26-24-,31-30-,34-33-,37-36-. The molecule has 0 aliphatic carbocycles. The normalized spacial score (nSPS) is 12.5. The summed E-state index contributed by atoms with van der Waals surface area (Å²) in [5.74, 6) is -0.857. The predicted octanol–water partition coefficient (Wildman–Crippen LogP) is 22.5. The summed E-state index contributed by atoms with van der Waals surface area (Å²) in [6.45, 7) is 6.56. The van der Waals surface area contributed by atoms with Crippen LogP contribution < -0.4 is 0 Å². The third-order valence-corrected chi connectivity index (χ3v) is 14.5. The van der Waals surface area contributed by atoms with Crippen LogP contribution in [0.3, 0.4) is 0 Å². The van der Waals surface area contributed by atoms with Gasteiger partial charge in [0, 0.05) is 19.3 Å². The molecule has 1 atom stereocenters. The van der Waals surface area contributed by atoms with Gasteiger partial charge >= 0.3 is 17.9 Å². The SMILES string of the molecule is CC/C=C\C/C=C\C/C=C\C/C=C\C/C=C\C/C=C\CCCCCCCCCCCCC(=O)OCC(COC(=O)CCCCCCCCCCCCC)OC(=O)CCCCCCCCCCCCCCCCCCCC. The quantitative estimate of drug-likeness (QED) is 0.0261. The van der Waals surface area contributed by atoms with Crippen molar-refractivity contribution >= 4 is 17.9 Å². The van der Waals surface area contributed by atoms with Crippen LogP contribution in [0.5, 0.6) is 0 Å². The molecule has 0 N–H and O–H groups in total. The number of unbranched alkanes of at least 4 members (excludes halogenated alkanes) is 37. The number of carbonyl (C=O) groups is 3. The van der Waals surface area contributed by atoms with Crippen LogP contribution in [0.2, 0.25) is 0 Å². The molecule has 0 bridgehead atoms. The Labute approximate surface area is 472 Å². The number of carbonyl (C=O) groups excluding carboxylic acids is 3. The van der Waals surface area contributed by atoms with Crippen LogP contribution >= 0.6 is 0 Å². The van der Waals surface area contributed by atoms with E-state index in [1.807, 2.05) is 0 Å². The van der Waals surface area contributed by atoms with E-state index in [1.165, 1.54) is 199 Å². The molecule has 0 aliphatic rings. The summed E-state index contributed by atoms with van der Waals surface area (Å²) in [7, 11) is 0.